The molecule has 2 N–H and O–H groups in total. The third kappa shape index (κ3) is 2.06. The van der Waals surface area contributed by atoms with Crippen LogP contribution in [0.1, 0.15) is 0 Å². The summed E-state index contributed by atoms with van der Waals surface area (Å²) < 4.78 is 6.11. The van der Waals surface area contributed by atoms with Gasteiger partial charge in [0.15, 0.2) is 0 Å². The zero-order chi connectivity index (χ0) is 8.97. The molecule has 1 rings (SSSR count). The lowest BCUT2D eigenvalue weighted by atomic mass is 10.5. The number of anilines is 1. The fourth-order valence-electron chi connectivity index (χ4n) is 0.793. The molecule has 0 radical (unpaired) electrons. The van der Waals surface area contributed by atoms with Gasteiger partial charge in [-0.25, -0.2) is 4.68 Å². The fraction of sp³-hybridized carbons (Fsp3) is 0.429. The lowest BCUT2D eigenvalue weighted by molar-refractivity contribution is 0.182. The van der Waals surface area contributed by atoms with E-state index in [1.807, 2.05) is 0 Å². The van der Waals surface area contributed by atoms with Crippen molar-refractivity contribution in [1.82, 2.24) is 9.78 Å². The average molecular weight is 169 g/mol. The van der Waals surface area contributed by atoms with Gasteiger partial charge >= 0.3 is 0 Å². The summed E-state index contributed by atoms with van der Waals surface area (Å²) in [5, 5.41) is 3.81. The zero-order valence-corrected chi connectivity index (χ0v) is 6.86. The van der Waals surface area contributed by atoms with E-state index in [1.165, 1.54) is 16.9 Å². The maximum atomic E-state index is 11.1. The summed E-state index contributed by atoms with van der Waals surface area (Å²) in [5.74, 6) is 0. The van der Waals surface area contributed by atoms with Crippen LogP contribution < -0.4 is 11.3 Å². The molecule has 0 saturated heterocycles. The highest BCUT2D eigenvalue weighted by atomic mass is 16.5. The van der Waals surface area contributed by atoms with Gasteiger partial charge in [0, 0.05) is 13.2 Å². The minimum atomic E-state index is -0.202. The third-order valence-corrected chi connectivity index (χ3v) is 1.40. The summed E-state index contributed by atoms with van der Waals surface area (Å²) in [6.45, 7) is 0.923. The van der Waals surface area contributed by atoms with Crippen molar-refractivity contribution in [2.24, 2.45) is 0 Å². The number of hydrogen-bond acceptors (Lipinski definition) is 4. The summed E-state index contributed by atoms with van der Waals surface area (Å²) in [6.07, 6.45) is 1.44. The highest BCUT2D eigenvalue weighted by Crippen LogP contribution is 1.89. The molecule has 0 amide bonds. The van der Waals surface area contributed by atoms with E-state index in [0.29, 0.717) is 18.8 Å². The van der Waals surface area contributed by atoms with Gasteiger partial charge in [-0.05, 0) is 0 Å². The van der Waals surface area contributed by atoms with Crippen LogP contribution in [0.15, 0.2) is 17.1 Å². The molecular formula is C7H11N3O2. The fourth-order valence-corrected chi connectivity index (χ4v) is 0.793. The Balaban J connectivity index is 2.80. The molecule has 0 aliphatic heterocycles. The van der Waals surface area contributed by atoms with Crippen molar-refractivity contribution in [3.8, 4) is 0 Å². The molecule has 12 heavy (non-hydrogen) atoms. The van der Waals surface area contributed by atoms with Gasteiger partial charge < -0.3 is 10.5 Å². The second-order valence-corrected chi connectivity index (χ2v) is 2.34. The van der Waals surface area contributed by atoms with Gasteiger partial charge in [0.2, 0.25) is 0 Å². The van der Waals surface area contributed by atoms with Crippen LogP contribution in [0.3, 0.4) is 0 Å². The lowest BCUT2D eigenvalue weighted by Gasteiger charge is -2.02. The number of nitrogen functional groups attached to an aromatic ring is 1. The van der Waals surface area contributed by atoms with Crippen molar-refractivity contribution in [1.29, 1.82) is 0 Å². The minimum absolute atomic E-state index is 0.202. The van der Waals surface area contributed by atoms with Crippen molar-refractivity contribution in [3.63, 3.8) is 0 Å². The molecule has 0 aliphatic carbocycles. The van der Waals surface area contributed by atoms with Crippen LogP contribution in [0.4, 0.5) is 5.69 Å². The van der Waals surface area contributed by atoms with Gasteiger partial charge in [-0.2, -0.15) is 5.10 Å². The first kappa shape index (κ1) is 8.73. The van der Waals surface area contributed by atoms with E-state index >= 15 is 0 Å². The van der Waals surface area contributed by atoms with Gasteiger partial charge in [0.25, 0.3) is 5.56 Å². The van der Waals surface area contributed by atoms with Crippen LogP contribution in [-0.2, 0) is 11.3 Å². The van der Waals surface area contributed by atoms with E-state index in [0.717, 1.165) is 0 Å². The van der Waals surface area contributed by atoms with E-state index < -0.39 is 0 Å². The SMILES string of the molecule is COCCn1ncc(N)cc1=O. The molecule has 0 fully saturated rings. The van der Waals surface area contributed by atoms with E-state index in [-0.39, 0.29) is 5.56 Å². The van der Waals surface area contributed by atoms with Crippen LogP contribution in [0, 0.1) is 0 Å². The Morgan fingerprint density at radius 2 is 2.50 bits per heavy atom. The lowest BCUT2D eigenvalue weighted by Crippen LogP contribution is -2.24. The van der Waals surface area contributed by atoms with E-state index in [9.17, 15) is 4.79 Å². The topological polar surface area (TPSA) is 70.1 Å². The molecule has 0 spiro atoms. The smallest absolute Gasteiger partial charge is 0.268 e. The second-order valence-electron chi connectivity index (χ2n) is 2.34. The summed E-state index contributed by atoms with van der Waals surface area (Å²) in [6, 6.07) is 1.34. The van der Waals surface area contributed by atoms with Gasteiger partial charge in [0.05, 0.1) is 25.0 Å². The number of ether oxygens (including phenoxy) is 1. The van der Waals surface area contributed by atoms with Crippen molar-refractivity contribution in [2.75, 3.05) is 19.5 Å². The molecule has 1 aromatic heterocycles. The Morgan fingerprint density at radius 3 is 3.08 bits per heavy atom. The van der Waals surface area contributed by atoms with Crippen LogP contribution in [0.25, 0.3) is 0 Å². The van der Waals surface area contributed by atoms with E-state index in [1.54, 1.807) is 7.11 Å². The number of nitrogens with two attached hydrogens (primary N) is 1. The third-order valence-electron chi connectivity index (χ3n) is 1.40. The van der Waals surface area contributed by atoms with Gasteiger partial charge in [0.1, 0.15) is 0 Å². The highest BCUT2D eigenvalue weighted by Gasteiger charge is 1.95. The summed E-state index contributed by atoms with van der Waals surface area (Å²) in [7, 11) is 1.57. The Morgan fingerprint density at radius 1 is 1.75 bits per heavy atom. The zero-order valence-electron chi connectivity index (χ0n) is 6.86. The molecule has 0 atom stereocenters. The Kier molecular flexibility index (Phi) is 2.82. The van der Waals surface area contributed by atoms with Crippen molar-refractivity contribution >= 4 is 5.69 Å². The molecule has 5 heteroatoms. The van der Waals surface area contributed by atoms with Crippen molar-refractivity contribution < 1.29 is 4.74 Å². The van der Waals surface area contributed by atoms with Crippen molar-refractivity contribution in [2.45, 2.75) is 6.54 Å². The maximum absolute atomic E-state index is 11.1. The molecule has 66 valence electrons. The standard InChI is InChI=1S/C7H11N3O2/c1-12-3-2-10-7(11)4-6(8)5-9-10/h4-5H,2-3,8H2,1H3. The molecule has 0 saturated carbocycles. The molecule has 1 heterocycles. The predicted octanol–water partition coefficient (Wildman–Crippen LogP) is -0.528. The van der Waals surface area contributed by atoms with E-state index in [2.05, 4.69) is 5.10 Å². The quantitative estimate of drug-likeness (QED) is 0.660. The van der Waals surface area contributed by atoms with Gasteiger partial charge in [-0.15, -0.1) is 0 Å². The van der Waals surface area contributed by atoms with Gasteiger partial charge in [-0.1, -0.05) is 0 Å². The highest BCUT2D eigenvalue weighted by molar-refractivity contribution is 5.31. The van der Waals surface area contributed by atoms with E-state index in [4.69, 9.17) is 10.5 Å². The maximum Gasteiger partial charge on any atom is 0.268 e. The number of rotatable bonds is 3. The van der Waals surface area contributed by atoms with Crippen molar-refractivity contribution in [3.05, 3.63) is 22.6 Å². The molecule has 0 bridgehead atoms. The molecule has 0 unspecified atom stereocenters. The number of nitrogens with zero attached hydrogens (tertiary/aromatic N) is 2. The Hall–Kier alpha value is -1.36. The first-order valence-electron chi connectivity index (χ1n) is 3.55. The normalized spacial score (nSPS) is 10.1. The molecule has 0 aliphatic rings. The molecular weight excluding hydrogens is 158 g/mol. The number of hydrogen-bond donors (Lipinski definition) is 1. The average Bonchev–Trinajstić information content (AvgIpc) is 2.03. The first-order valence-corrected chi connectivity index (χ1v) is 3.55. The van der Waals surface area contributed by atoms with Crippen LogP contribution >= 0.6 is 0 Å². The minimum Gasteiger partial charge on any atom is -0.397 e. The molecule has 0 aromatic carbocycles. The summed E-state index contributed by atoms with van der Waals surface area (Å²) >= 11 is 0. The van der Waals surface area contributed by atoms with Gasteiger partial charge in [-0.3, -0.25) is 4.79 Å². The summed E-state index contributed by atoms with van der Waals surface area (Å²) in [5.41, 5.74) is 5.53. The Labute approximate surface area is 69.8 Å². The Bertz CT molecular complexity index is 308. The largest absolute Gasteiger partial charge is 0.397 e. The monoisotopic (exact) mass is 169 g/mol. The molecule has 1 aromatic rings. The molecule has 5 nitrogen and oxygen atoms in total. The first-order chi connectivity index (χ1) is 5.74. The van der Waals surface area contributed by atoms with Crippen LogP contribution in [-0.4, -0.2) is 23.5 Å². The second kappa shape index (κ2) is 3.87. The number of aromatic nitrogens is 2. The van der Waals surface area contributed by atoms with Crippen LogP contribution in [0.2, 0.25) is 0 Å². The number of methoxy groups -OCH3 is 1. The summed E-state index contributed by atoms with van der Waals surface area (Å²) in [4.78, 5) is 11.1. The predicted molar refractivity (Wildman–Crippen MR) is 44.8 cm³/mol. The van der Waals surface area contributed by atoms with Crippen LogP contribution in [0.5, 0.6) is 0 Å².